The van der Waals surface area contributed by atoms with Crippen LogP contribution in [0.4, 0.5) is 4.39 Å². The largest absolute Gasteiger partial charge is 0.341 e. The van der Waals surface area contributed by atoms with Crippen LogP contribution >= 0.6 is 0 Å². The summed E-state index contributed by atoms with van der Waals surface area (Å²) < 4.78 is 15.2. The van der Waals surface area contributed by atoms with Crippen LogP contribution in [0.1, 0.15) is 11.3 Å². The molecule has 0 bridgehead atoms. The molecule has 2 heterocycles. The van der Waals surface area contributed by atoms with Crippen LogP contribution in [0, 0.1) is 12.7 Å². The van der Waals surface area contributed by atoms with Gasteiger partial charge in [-0.1, -0.05) is 6.07 Å². The number of pyridine rings is 1. The molecule has 0 aliphatic carbocycles. The van der Waals surface area contributed by atoms with Crippen LogP contribution < -0.4 is 0 Å². The van der Waals surface area contributed by atoms with Crippen molar-refractivity contribution in [2.75, 3.05) is 0 Å². The first-order chi connectivity index (χ1) is 8.74. The number of nitrogens with zero attached hydrogens (tertiary/aromatic N) is 2. The van der Waals surface area contributed by atoms with Gasteiger partial charge in [-0.3, -0.25) is 4.98 Å². The first kappa shape index (κ1) is 11.0. The summed E-state index contributed by atoms with van der Waals surface area (Å²) in [5, 5.41) is 0.920. The van der Waals surface area contributed by atoms with E-state index in [-0.39, 0.29) is 5.82 Å². The van der Waals surface area contributed by atoms with E-state index in [2.05, 4.69) is 9.55 Å². The zero-order valence-electron chi connectivity index (χ0n) is 10.1. The number of aromatic nitrogens is 2. The zero-order valence-corrected chi connectivity index (χ0v) is 10.1. The summed E-state index contributed by atoms with van der Waals surface area (Å²) in [6.45, 7) is 2.76. The maximum Gasteiger partial charge on any atom is 0.123 e. The van der Waals surface area contributed by atoms with E-state index < -0.39 is 0 Å². The molecule has 0 saturated heterocycles. The molecule has 2 nitrogen and oxygen atoms in total. The number of aryl methyl sites for hydroxylation is 1. The van der Waals surface area contributed by atoms with Gasteiger partial charge in [0.15, 0.2) is 0 Å². The number of halogens is 1. The predicted molar refractivity (Wildman–Crippen MR) is 70.0 cm³/mol. The van der Waals surface area contributed by atoms with Gasteiger partial charge in [-0.25, -0.2) is 4.39 Å². The average Bonchev–Trinajstić information content (AvgIpc) is 2.74. The van der Waals surface area contributed by atoms with Crippen molar-refractivity contribution in [3.05, 3.63) is 65.9 Å². The van der Waals surface area contributed by atoms with E-state index in [0.29, 0.717) is 6.54 Å². The maximum atomic E-state index is 13.1. The number of hydrogen-bond donors (Lipinski definition) is 0. The van der Waals surface area contributed by atoms with Crippen molar-refractivity contribution >= 4 is 10.9 Å². The van der Waals surface area contributed by atoms with Crippen LogP contribution in [0.3, 0.4) is 0 Å². The smallest absolute Gasteiger partial charge is 0.123 e. The summed E-state index contributed by atoms with van der Waals surface area (Å²) in [5.74, 6) is -0.200. The van der Waals surface area contributed by atoms with Gasteiger partial charge < -0.3 is 4.57 Å². The molecule has 0 N–H and O–H groups in total. The molecule has 0 amide bonds. The number of rotatable bonds is 2. The first-order valence-corrected chi connectivity index (χ1v) is 5.89. The first-order valence-electron chi connectivity index (χ1n) is 5.89. The fourth-order valence-electron chi connectivity index (χ4n) is 2.15. The number of fused-ring (bicyclic) bond motifs is 1. The Hall–Kier alpha value is -2.16. The highest BCUT2D eigenvalue weighted by atomic mass is 19.1. The maximum absolute atomic E-state index is 13.1. The third kappa shape index (κ3) is 1.88. The van der Waals surface area contributed by atoms with Gasteiger partial charge in [0.05, 0.1) is 12.2 Å². The Labute approximate surface area is 105 Å². The molecule has 0 saturated carbocycles. The summed E-state index contributed by atoms with van der Waals surface area (Å²) in [4.78, 5) is 4.38. The fraction of sp³-hybridized carbons (Fsp3) is 0.133. The Bertz CT molecular complexity index is 701. The second kappa shape index (κ2) is 4.26. The van der Waals surface area contributed by atoms with Gasteiger partial charge in [-0.2, -0.15) is 0 Å². The summed E-state index contributed by atoms with van der Waals surface area (Å²) in [7, 11) is 0. The van der Waals surface area contributed by atoms with Crippen molar-refractivity contribution in [1.29, 1.82) is 0 Å². The standard InChI is InChI=1S/C15H13FN2/c1-11-3-2-7-17-14(11)10-18-8-6-12-9-13(16)4-5-15(12)18/h2-9H,10H2,1H3. The molecule has 0 spiro atoms. The second-order valence-electron chi connectivity index (χ2n) is 4.41. The minimum Gasteiger partial charge on any atom is -0.341 e. The predicted octanol–water partition coefficient (Wildman–Crippen LogP) is 3.53. The van der Waals surface area contributed by atoms with E-state index in [4.69, 9.17) is 0 Å². The van der Waals surface area contributed by atoms with Gasteiger partial charge in [-0.15, -0.1) is 0 Å². The lowest BCUT2D eigenvalue weighted by Crippen LogP contribution is -2.02. The van der Waals surface area contributed by atoms with E-state index in [0.717, 1.165) is 16.6 Å². The average molecular weight is 240 g/mol. The van der Waals surface area contributed by atoms with Gasteiger partial charge in [0.1, 0.15) is 5.82 Å². The molecule has 0 unspecified atom stereocenters. The molecule has 0 radical (unpaired) electrons. The van der Waals surface area contributed by atoms with Crippen molar-refractivity contribution in [1.82, 2.24) is 9.55 Å². The highest BCUT2D eigenvalue weighted by Gasteiger charge is 2.05. The number of benzene rings is 1. The van der Waals surface area contributed by atoms with Crippen molar-refractivity contribution in [3.8, 4) is 0 Å². The van der Waals surface area contributed by atoms with Crippen LogP contribution in [-0.2, 0) is 6.54 Å². The molecule has 0 aliphatic rings. The quantitative estimate of drug-likeness (QED) is 0.670. The number of hydrogen-bond acceptors (Lipinski definition) is 1. The lowest BCUT2D eigenvalue weighted by molar-refractivity contribution is 0.629. The second-order valence-corrected chi connectivity index (χ2v) is 4.41. The minimum absolute atomic E-state index is 0.200. The minimum atomic E-state index is -0.200. The zero-order chi connectivity index (χ0) is 12.5. The third-order valence-electron chi connectivity index (χ3n) is 3.17. The fourth-order valence-corrected chi connectivity index (χ4v) is 2.15. The van der Waals surface area contributed by atoms with E-state index in [1.165, 1.54) is 11.6 Å². The van der Waals surface area contributed by atoms with E-state index in [1.807, 2.05) is 37.4 Å². The lowest BCUT2D eigenvalue weighted by Gasteiger charge is -2.07. The van der Waals surface area contributed by atoms with Gasteiger partial charge in [0.25, 0.3) is 0 Å². The molecule has 0 fully saturated rings. The molecule has 0 atom stereocenters. The third-order valence-corrected chi connectivity index (χ3v) is 3.17. The van der Waals surface area contributed by atoms with Crippen LogP contribution in [-0.4, -0.2) is 9.55 Å². The molecule has 0 aliphatic heterocycles. The molecule has 3 heteroatoms. The van der Waals surface area contributed by atoms with Crippen molar-refractivity contribution < 1.29 is 4.39 Å². The van der Waals surface area contributed by atoms with Crippen LogP contribution in [0.5, 0.6) is 0 Å². The van der Waals surface area contributed by atoms with Crippen molar-refractivity contribution in [2.45, 2.75) is 13.5 Å². The Morgan fingerprint density at radius 1 is 1.22 bits per heavy atom. The van der Waals surface area contributed by atoms with Crippen LogP contribution in [0.2, 0.25) is 0 Å². The SMILES string of the molecule is Cc1cccnc1Cn1ccc2cc(F)ccc21. The normalized spacial score (nSPS) is 11.0. The summed E-state index contributed by atoms with van der Waals surface area (Å²) in [5.41, 5.74) is 3.24. The lowest BCUT2D eigenvalue weighted by atomic mass is 10.2. The Balaban J connectivity index is 2.03. The van der Waals surface area contributed by atoms with E-state index >= 15 is 0 Å². The highest BCUT2D eigenvalue weighted by molar-refractivity contribution is 5.80. The van der Waals surface area contributed by atoms with Gasteiger partial charge in [0, 0.05) is 23.3 Å². The summed E-state index contributed by atoms with van der Waals surface area (Å²) in [6.07, 6.45) is 3.77. The highest BCUT2D eigenvalue weighted by Crippen LogP contribution is 2.18. The van der Waals surface area contributed by atoms with E-state index in [9.17, 15) is 4.39 Å². The van der Waals surface area contributed by atoms with E-state index in [1.54, 1.807) is 12.3 Å². The Kier molecular flexibility index (Phi) is 2.59. The Morgan fingerprint density at radius 3 is 2.94 bits per heavy atom. The van der Waals surface area contributed by atoms with Crippen LogP contribution in [0.15, 0.2) is 48.8 Å². The Morgan fingerprint density at radius 2 is 2.11 bits per heavy atom. The van der Waals surface area contributed by atoms with Gasteiger partial charge in [-0.05, 0) is 42.8 Å². The topological polar surface area (TPSA) is 17.8 Å². The molecule has 90 valence electrons. The monoisotopic (exact) mass is 240 g/mol. The van der Waals surface area contributed by atoms with Gasteiger partial charge >= 0.3 is 0 Å². The molecule has 18 heavy (non-hydrogen) atoms. The summed E-state index contributed by atoms with van der Waals surface area (Å²) in [6, 6.07) is 10.8. The molecule has 3 aromatic rings. The molecular weight excluding hydrogens is 227 g/mol. The molecule has 2 aromatic heterocycles. The van der Waals surface area contributed by atoms with Crippen LogP contribution in [0.25, 0.3) is 10.9 Å². The molecular formula is C15H13FN2. The van der Waals surface area contributed by atoms with Crippen molar-refractivity contribution in [3.63, 3.8) is 0 Å². The molecule has 1 aromatic carbocycles. The summed E-state index contributed by atoms with van der Waals surface area (Å²) >= 11 is 0. The van der Waals surface area contributed by atoms with Crippen molar-refractivity contribution in [2.24, 2.45) is 0 Å². The van der Waals surface area contributed by atoms with Gasteiger partial charge in [0.2, 0.25) is 0 Å². The molecule has 3 rings (SSSR count).